The van der Waals surface area contributed by atoms with Gasteiger partial charge in [-0.3, -0.25) is 14.9 Å². The van der Waals surface area contributed by atoms with E-state index in [-0.39, 0.29) is 17.9 Å². The second-order valence-electron chi connectivity index (χ2n) is 5.82. The third kappa shape index (κ3) is 3.08. The van der Waals surface area contributed by atoms with Crippen molar-refractivity contribution in [2.45, 2.75) is 31.7 Å². The Morgan fingerprint density at radius 2 is 1.95 bits per heavy atom. The summed E-state index contributed by atoms with van der Waals surface area (Å²) in [7, 11) is 0. The van der Waals surface area contributed by atoms with E-state index in [9.17, 15) is 9.59 Å². The van der Waals surface area contributed by atoms with Crippen LogP contribution in [0.25, 0.3) is 0 Å². The first-order valence-corrected chi connectivity index (χ1v) is 7.58. The summed E-state index contributed by atoms with van der Waals surface area (Å²) in [4.78, 5) is 25.2. The van der Waals surface area contributed by atoms with Crippen LogP contribution in [0.4, 0.5) is 5.69 Å². The van der Waals surface area contributed by atoms with Gasteiger partial charge in [0, 0.05) is 31.1 Å². The van der Waals surface area contributed by atoms with Crippen molar-refractivity contribution in [1.82, 2.24) is 10.2 Å². The summed E-state index contributed by atoms with van der Waals surface area (Å²) in [5.74, 6) is 0.223. The molecule has 2 amide bonds. The lowest BCUT2D eigenvalue weighted by atomic mass is 9.91. The summed E-state index contributed by atoms with van der Waals surface area (Å²) in [5, 5.41) is 5.56. The maximum Gasteiger partial charge on any atom is 0.249 e. The Hall–Kier alpha value is -1.88. The molecule has 1 atom stereocenters. The van der Waals surface area contributed by atoms with Crippen LogP contribution in [0, 0.1) is 0 Å². The number of carbonyl (C=O) groups is 2. The molecule has 0 bridgehead atoms. The molecule has 0 aliphatic carbocycles. The van der Waals surface area contributed by atoms with Crippen LogP contribution in [0.15, 0.2) is 24.3 Å². The molecule has 112 valence electrons. The van der Waals surface area contributed by atoms with Crippen LogP contribution in [0.1, 0.15) is 31.2 Å². The molecule has 5 heteroatoms. The van der Waals surface area contributed by atoms with Crippen molar-refractivity contribution in [2.75, 3.05) is 25.0 Å². The van der Waals surface area contributed by atoms with E-state index in [1.165, 1.54) is 5.56 Å². The molecule has 21 heavy (non-hydrogen) atoms. The van der Waals surface area contributed by atoms with Crippen molar-refractivity contribution in [3.63, 3.8) is 0 Å². The number of imide groups is 1. The van der Waals surface area contributed by atoms with Crippen LogP contribution < -0.4 is 10.6 Å². The monoisotopic (exact) mass is 287 g/mol. The zero-order chi connectivity index (χ0) is 14.8. The molecule has 3 rings (SSSR count). The van der Waals surface area contributed by atoms with Gasteiger partial charge in [-0.15, -0.1) is 0 Å². The minimum Gasteiger partial charge on any atom is -0.374 e. The highest BCUT2D eigenvalue weighted by atomic mass is 16.2. The second kappa shape index (κ2) is 5.85. The van der Waals surface area contributed by atoms with Crippen LogP contribution in [0.2, 0.25) is 0 Å². The van der Waals surface area contributed by atoms with Crippen molar-refractivity contribution in [1.29, 1.82) is 0 Å². The van der Waals surface area contributed by atoms with E-state index < -0.39 is 0 Å². The van der Waals surface area contributed by atoms with Gasteiger partial charge in [0.1, 0.15) is 6.04 Å². The van der Waals surface area contributed by atoms with E-state index >= 15 is 0 Å². The average Bonchev–Trinajstić information content (AvgIpc) is 2.42. The molecule has 2 saturated heterocycles. The molecule has 0 radical (unpaired) electrons. The number of hydrogen-bond acceptors (Lipinski definition) is 4. The number of piperidine rings is 1. The van der Waals surface area contributed by atoms with E-state index in [0.29, 0.717) is 18.8 Å². The number of likely N-dealkylation sites (tertiary alicyclic amines) is 1. The van der Waals surface area contributed by atoms with Crippen LogP contribution in [-0.4, -0.2) is 42.4 Å². The molecular weight excluding hydrogens is 266 g/mol. The van der Waals surface area contributed by atoms with Gasteiger partial charge in [-0.25, -0.2) is 0 Å². The maximum absolute atomic E-state index is 11.7. The number of anilines is 1. The molecule has 0 aromatic heterocycles. The molecule has 0 spiro atoms. The third-order valence-corrected chi connectivity index (χ3v) is 4.37. The van der Waals surface area contributed by atoms with Crippen LogP contribution >= 0.6 is 0 Å². The normalized spacial score (nSPS) is 23.6. The molecule has 2 N–H and O–H groups in total. The number of nitrogens with one attached hydrogen (secondary N) is 2. The number of likely N-dealkylation sites (N-methyl/N-ethyl adjacent to an activating group) is 1. The van der Waals surface area contributed by atoms with Gasteiger partial charge < -0.3 is 10.2 Å². The first kappa shape index (κ1) is 14.1. The van der Waals surface area contributed by atoms with E-state index in [4.69, 9.17) is 0 Å². The Bertz CT molecular complexity index is 535. The number of amides is 2. The number of carbonyl (C=O) groups excluding carboxylic acids is 2. The van der Waals surface area contributed by atoms with Gasteiger partial charge in [0.25, 0.3) is 0 Å². The summed E-state index contributed by atoms with van der Waals surface area (Å²) in [6, 6.07) is 7.99. The highest BCUT2D eigenvalue weighted by molar-refractivity contribution is 6.01. The zero-order valence-electron chi connectivity index (χ0n) is 12.3. The van der Waals surface area contributed by atoms with Gasteiger partial charge in [-0.05, 0) is 30.7 Å². The molecular formula is C16H21N3O2. The molecule has 2 aliphatic heterocycles. The van der Waals surface area contributed by atoms with Crippen LogP contribution in [0.3, 0.4) is 0 Å². The van der Waals surface area contributed by atoms with Crippen molar-refractivity contribution >= 4 is 17.5 Å². The van der Waals surface area contributed by atoms with E-state index in [2.05, 4.69) is 34.6 Å². The molecule has 2 heterocycles. The van der Waals surface area contributed by atoms with Crippen molar-refractivity contribution in [3.8, 4) is 0 Å². The Balaban J connectivity index is 1.57. The van der Waals surface area contributed by atoms with Gasteiger partial charge in [0.15, 0.2) is 0 Å². The Labute approximate surface area is 124 Å². The molecule has 5 nitrogen and oxygen atoms in total. The highest BCUT2D eigenvalue weighted by Gasteiger charge is 2.27. The fourth-order valence-corrected chi connectivity index (χ4v) is 2.92. The van der Waals surface area contributed by atoms with Gasteiger partial charge in [0.05, 0.1) is 0 Å². The van der Waals surface area contributed by atoms with E-state index in [1.54, 1.807) is 0 Å². The summed E-state index contributed by atoms with van der Waals surface area (Å²) in [5.41, 5.74) is 2.29. The smallest absolute Gasteiger partial charge is 0.249 e. The first-order chi connectivity index (χ1) is 10.2. The number of nitrogens with zero attached hydrogens (tertiary/aromatic N) is 1. The lowest BCUT2D eigenvalue weighted by Gasteiger charge is -2.38. The molecule has 1 aromatic carbocycles. The van der Waals surface area contributed by atoms with E-state index in [1.807, 2.05) is 12.1 Å². The Kier molecular flexibility index (Phi) is 3.92. The summed E-state index contributed by atoms with van der Waals surface area (Å²) in [6.45, 7) is 5.57. The number of hydrogen-bond donors (Lipinski definition) is 2. The molecule has 1 aromatic rings. The van der Waals surface area contributed by atoms with Crippen LogP contribution in [0.5, 0.6) is 0 Å². The quantitative estimate of drug-likeness (QED) is 0.820. The lowest BCUT2D eigenvalue weighted by Crippen LogP contribution is -2.47. The Morgan fingerprint density at radius 1 is 1.24 bits per heavy atom. The average molecular weight is 287 g/mol. The standard InChI is InChI=1S/C16H21N3O2/c1-2-19-9-12(10-19)11-3-5-13(6-4-11)17-14-7-8-15(20)18-16(14)21/h3-6,12,14,17H,2,7-10H2,1H3,(H,18,20,21). The maximum atomic E-state index is 11.7. The van der Waals surface area contributed by atoms with Gasteiger partial charge in [-0.2, -0.15) is 0 Å². The summed E-state index contributed by atoms with van der Waals surface area (Å²) < 4.78 is 0. The van der Waals surface area contributed by atoms with Gasteiger partial charge in [0.2, 0.25) is 11.8 Å². The number of rotatable bonds is 4. The predicted octanol–water partition coefficient (Wildman–Crippen LogP) is 1.32. The molecule has 2 aliphatic rings. The predicted molar refractivity (Wildman–Crippen MR) is 81.1 cm³/mol. The fourth-order valence-electron chi connectivity index (χ4n) is 2.92. The second-order valence-corrected chi connectivity index (χ2v) is 5.82. The molecule has 2 fully saturated rings. The van der Waals surface area contributed by atoms with Crippen molar-refractivity contribution in [2.24, 2.45) is 0 Å². The highest BCUT2D eigenvalue weighted by Crippen LogP contribution is 2.27. The fraction of sp³-hybridized carbons (Fsp3) is 0.500. The number of benzene rings is 1. The Morgan fingerprint density at radius 3 is 2.57 bits per heavy atom. The van der Waals surface area contributed by atoms with Gasteiger partial charge >= 0.3 is 0 Å². The van der Waals surface area contributed by atoms with Crippen LogP contribution in [-0.2, 0) is 9.59 Å². The SMILES string of the molecule is CCN1CC(c2ccc(NC3CCC(=O)NC3=O)cc2)C1. The molecule has 0 saturated carbocycles. The summed E-state index contributed by atoms with van der Waals surface area (Å²) in [6.07, 6.45) is 0.955. The van der Waals surface area contributed by atoms with Crippen molar-refractivity contribution < 1.29 is 9.59 Å². The summed E-state index contributed by atoms with van der Waals surface area (Å²) >= 11 is 0. The topological polar surface area (TPSA) is 61.4 Å². The lowest BCUT2D eigenvalue weighted by molar-refractivity contribution is -0.133. The first-order valence-electron chi connectivity index (χ1n) is 7.58. The zero-order valence-corrected chi connectivity index (χ0v) is 12.3. The third-order valence-electron chi connectivity index (χ3n) is 4.37. The molecule has 1 unspecified atom stereocenters. The van der Waals surface area contributed by atoms with E-state index in [0.717, 1.165) is 25.3 Å². The minimum atomic E-state index is -0.312. The minimum absolute atomic E-state index is 0.182. The van der Waals surface area contributed by atoms with Crippen molar-refractivity contribution in [3.05, 3.63) is 29.8 Å². The largest absolute Gasteiger partial charge is 0.374 e. The van der Waals surface area contributed by atoms with Gasteiger partial charge in [-0.1, -0.05) is 19.1 Å².